The average molecular weight is 332 g/mol. The fourth-order valence-corrected chi connectivity index (χ4v) is 2.97. The minimum absolute atomic E-state index is 0.106. The standard InChI is InChI=1S/C17H21FN4O2/c1-24-15-6-5-11(18)8-12(15)14-9-16(21-10-20-14)22-17(23)13-4-2-3-7-19-13/h8-10,13,19H,2-7H2,1H3,(H,20,21,22,23). The van der Waals surface area contributed by atoms with E-state index < -0.39 is 0 Å². The van der Waals surface area contributed by atoms with Crippen molar-refractivity contribution in [2.45, 2.75) is 38.1 Å². The van der Waals surface area contributed by atoms with Crippen LogP contribution in [0.25, 0.3) is 5.57 Å². The van der Waals surface area contributed by atoms with Gasteiger partial charge >= 0.3 is 0 Å². The first-order valence-electron chi connectivity index (χ1n) is 8.17. The fraction of sp³-hybridized carbons (Fsp3) is 0.471. The molecular weight excluding hydrogens is 311 g/mol. The SMILES string of the molecule is COC1=C(c2cc(NC(=O)C3CCCCN3)ncn2)C=C(F)CC1. The van der Waals surface area contributed by atoms with Crippen LogP contribution in [-0.4, -0.2) is 35.6 Å². The van der Waals surface area contributed by atoms with E-state index in [0.717, 1.165) is 25.8 Å². The highest BCUT2D eigenvalue weighted by Crippen LogP contribution is 2.31. The summed E-state index contributed by atoms with van der Waals surface area (Å²) in [5.41, 5.74) is 1.12. The maximum Gasteiger partial charge on any atom is 0.242 e. The van der Waals surface area contributed by atoms with Crippen LogP contribution in [0.4, 0.5) is 10.2 Å². The van der Waals surface area contributed by atoms with Crippen LogP contribution in [0.2, 0.25) is 0 Å². The third kappa shape index (κ3) is 3.79. The van der Waals surface area contributed by atoms with Crippen LogP contribution in [0.5, 0.6) is 0 Å². The first kappa shape index (κ1) is 16.6. The quantitative estimate of drug-likeness (QED) is 0.886. The maximum atomic E-state index is 13.6. The van der Waals surface area contributed by atoms with E-state index in [-0.39, 0.29) is 17.8 Å². The Bertz CT molecular complexity index is 681. The first-order chi connectivity index (χ1) is 11.7. The Morgan fingerprint density at radius 1 is 1.38 bits per heavy atom. The van der Waals surface area contributed by atoms with E-state index in [1.165, 1.54) is 12.4 Å². The number of carbonyl (C=O) groups excluding carboxylic acids is 1. The Labute approximate surface area is 140 Å². The van der Waals surface area contributed by atoms with Crippen LogP contribution < -0.4 is 10.6 Å². The van der Waals surface area contributed by atoms with Gasteiger partial charge in [0.25, 0.3) is 0 Å². The summed E-state index contributed by atoms with van der Waals surface area (Å²) in [7, 11) is 1.56. The van der Waals surface area contributed by atoms with Crippen molar-refractivity contribution in [1.82, 2.24) is 15.3 Å². The van der Waals surface area contributed by atoms with E-state index >= 15 is 0 Å². The summed E-state index contributed by atoms with van der Waals surface area (Å²) in [5.74, 6) is 0.771. The van der Waals surface area contributed by atoms with Crippen molar-refractivity contribution in [3.05, 3.63) is 35.7 Å². The van der Waals surface area contributed by atoms with E-state index in [2.05, 4.69) is 20.6 Å². The molecule has 1 amide bonds. The Kier molecular flexibility index (Phi) is 5.20. The van der Waals surface area contributed by atoms with E-state index in [9.17, 15) is 9.18 Å². The van der Waals surface area contributed by atoms with Gasteiger partial charge in [-0.2, -0.15) is 0 Å². The van der Waals surface area contributed by atoms with E-state index in [4.69, 9.17) is 4.74 Å². The van der Waals surface area contributed by atoms with Gasteiger partial charge in [-0.1, -0.05) is 6.42 Å². The van der Waals surface area contributed by atoms with Gasteiger partial charge in [-0.3, -0.25) is 4.79 Å². The number of amides is 1. The minimum Gasteiger partial charge on any atom is -0.500 e. The molecule has 128 valence electrons. The van der Waals surface area contributed by atoms with Crippen molar-refractivity contribution in [2.75, 3.05) is 19.0 Å². The Balaban J connectivity index is 1.79. The molecule has 1 unspecified atom stereocenters. The molecule has 2 N–H and O–H groups in total. The van der Waals surface area contributed by atoms with Crippen LogP contribution in [0.1, 0.15) is 37.8 Å². The molecule has 1 aliphatic heterocycles. The van der Waals surface area contributed by atoms with Gasteiger partial charge in [0.1, 0.15) is 23.7 Å². The van der Waals surface area contributed by atoms with Gasteiger partial charge in [0.2, 0.25) is 5.91 Å². The van der Waals surface area contributed by atoms with Crippen molar-refractivity contribution in [1.29, 1.82) is 0 Å². The number of ether oxygens (including phenoxy) is 1. The van der Waals surface area contributed by atoms with Crippen LogP contribution in [0.15, 0.2) is 30.1 Å². The zero-order valence-corrected chi connectivity index (χ0v) is 13.6. The zero-order chi connectivity index (χ0) is 16.9. The molecule has 2 aliphatic rings. The van der Waals surface area contributed by atoms with E-state index in [1.54, 1.807) is 13.2 Å². The highest BCUT2D eigenvalue weighted by Gasteiger charge is 2.22. The number of rotatable bonds is 4. The molecule has 7 heteroatoms. The molecule has 1 fully saturated rings. The lowest BCUT2D eigenvalue weighted by Crippen LogP contribution is -2.43. The van der Waals surface area contributed by atoms with Gasteiger partial charge in [0, 0.05) is 24.5 Å². The van der Waals surface area contributed by atoms with Crippen LogP contribution in [-0.2, 0) is 9.53 Å². The lowest BCUT2D eigenvalue weighted by Gasteiger charge is -2.22. The maximum absolute atomic E-state index is 13.6. The molecule has 1 aliphatic carbocycles. The normalized spacial score (nSPS) is 21.2. The van der Waals surface area contributed by atoms with Gasteiger partial charge in [-0.15, -0.1) is 0 Å². The summed E-state index contributed by atoms with van der Waals surface area (Å²) >= 11 is 0. The summed E-state index contributed by atoms with van der Waals surface area (Å²) in [6.07, 6.45) is 6.55. The molecule has 0 aromatic carbocycles. The Hall–Kier alpha value is -2.28. The molecule has 0 radical (unpaired) electrons. The predicted octanol–water partition coefficient (Wildman–Crippen LogP) is 2.56. The number of nitrogens with one attached hydrogen (secondary N) is 2. The number of carbonyl (C=O) groups is 1. The number of allylic oxidation sites excluding steroid dienone is 4. The number of hydrogen-bond donors (Lipinski definition) is 2. The highest BCUT2D eigenvalue weighted by molar-refractivity contribution is 5.94. The monoisotopic (exact) mass is 332 g/mol. The Morgan fingerprint density at radius 2 is 2.25 bits per heavy atom. The number of nitrogens with zero attached hydrogens (tertiary/aromatic N) is 2. The van der Waals surface area contributed by atoms with Gasteiger partial charge in [0.15, 0.2) is 0 Å². The molecule has 1 aromatic heterocycles. The van der Waals surface area contributed by atoms with Crippen molar-refractivity contribution in [3.8, 4) is 0 Å². The molecule has 1 saturated heterocycles. The fourth-order valence-electron chi connectivity index (χ4n) is 2.97. The molecule has 0 spiro atoms. The second kappa shape index (κ2) is 7.53. The average Bonchev–Trinajstić information content (AvgIpc) is 2.62. The molecule has 2 heterocycles. The molecule has 0 bridgehead atoms. The lowest BCUT2D eigenvalue weighted by atomic mass is 10.0. The first-order valence-corrected chi connectivity index (χ1v) is 8.17. The smallest absolute Gasteiger partial charge is 0.242 e. The molecule has 1 atom stereocenters. The Morgan fingerprint density at radius 3 is 3.00 bits per heavy atom. The number of piperidine rings is 1. The minimum atomic E-state index is -0.207. The molecule has 1 aromatic rings. The van der Waals surface area contributed by atoms with Crippen molar-refractivity contribution < 1.29 is 13.9 Å². The van der Waals surface area contributed by atoms with E-state index in [1.807, 2.05) is 0 Å². The second-order valence-electron chi connectivity index (χ2n) is 5.91. The predicted molar refractivity (Wildman–Crippen MR) is 88.7 cm³/mol. The van der Waals surface area contributed by atoms with E-state index in [0.29, 0.717) is 35.7 Å². The van der Waals surface area contributed by atoms with Crippen molar-refractivity contribution in [2.24, 2.45) is 0 Å². The number of anilines is 1. The van der Waals surface area contributed by atoms with Gasteiger partial charge < -0.3 is 15.4 Å². The summed E-state index contributed by atoms with van der Waals surface area (Å²) in [4.78, 5) is 20.6. The zero-order valence-electron chi connectivity index (χ0n) is 13.6. The number of methoxy groups -OCH3 is 1. The largest absolute Gasteiger partial charge is 0.500 e. The second-order valence-corrected chi connectivity index (χ2v) is 5.91. The van der Waals surface area contributed by atoms with Crippen LogP contribution >= 0.6 is 0 Å². The summed E-state index contributed by atoms with van der Waals surface area (Å²) in [6, 6.07) is 1.45. The number of aromatic nitrogens is 2. The molecule has 3 rings (SSSR count). The van der Waals surface area contributed by atoms with Crippen LogP contribution in [0, 0.1) is 0 Å². The van der Waals surface area contributed by atoms with Crippen LogP contribution in [0.3, 0.4) is 0 Å². The molecule has 6 nitrogen and oxygen atoms in total. The summed E-state index contributed by atoms with van der Waals surface area (Å²) in [5, 5.41) is 6.00. The molecule has 0 saturated carbocycles. The summed E-state index contributed by atoms with van der Waals surface area (Å²) < 4.78 is 19.0. The number of halogens is 1. The van der Waals surface area contributed by atoms with Gasteiger partial charge in [-0.25, -0.2) is 14.4 Å². The van der Waals surface area contributed by atoms with Crippen molar-refractivity contribution in [3.63, 3.8) is 0 Å². The third-order valence-electron chi connectivity index (χ3n) is 4.26. The van der Waals surface area contributed by atoms with Gasteiger partial charge in [0.05, 0.1) is 18.8 Å². The molecular formula is C17H21FN4O2. The third-order valence-corrected chi connectivity index (χ3v) is 4.26. The lowest BCUT2D eigenvalue weighted by molar-refractivity contribution is -0.118. The number of hydrogen-bond acceptors (Lipinski definition) is 5. The highest BCUT2D eigenvalue weighted by atomic mass is 19.1. The van der Waals surface area contributed by atoms with Gasteiger partial charge in [-0.05, 0) is 25.5 Å². The van der Waals surface area contributed by atoms with Crippen molar-refractivity contribution >= 4 is 17.3 Å². The topological polar surface area (TPSA) is 76.1 Å². The summed E-state index contributed by atoms with van der Waals surface area (Å²) in [6.45, 7) is 0.848. The molecule has 24 heavy (non-hydrogen) atoms.